The fourth-order valence-electron chi connectivity index (χ4n) is 4.13. The average Bonchev–Trinajstić information content (AvgIpc) is 2.81. The molecular weight excluding hydrogens is 505 g/mol. The van der Waals surface area contributed by atoms with Gasteiger partial charge in [-0.15, -0.1) is 0 Å². The highest BCUT2D eigenvalue weighted by atomic mass is 28.3. The Balaban J connectivity index is 2.49. The molecule has 3 rings (SSSR count). The van der Waals surface area contributed by atoms with Crippen molar-refractivity contribution < 1.29 is 43.9 Å². The lowest BCUT2D eigenvalue weighted by Crippen LogP contribution is -2.59. The molecule has 3 aromatic carbocycles. The van der Waals surface area contributed by atoms with Crippen molar-refractivity contribution in [2.75, 3.05) is 0 Å². The molecule has 0 heterocycles. The lowest BCUT2D eigenvalue weighted by molar-refractivity contribution is 0.382. The summed E-state index contributed by atoms with van der Waals surface area (Å²) in [4.78, 5) is 0. The Labute approximate surface area is 195 Å². The number of hydrogen-bond acceptors (Lipinski definition) is 0. The van der Waals surface area contributed by atoms with Crippen LogP contribution >= 0.6 is 0 Å². The number of halogens is 10. The molecule has 0 N–H and O–H groups in total. The molecule has 0 saturated heterocycles. The molecule has 0 spiro atoms. The van der Waals surface area contributed by atoms with Gasteiger partial charge in [-0.25, -0.2) is 43.9 Å². The van der Waals surface area contributed by atoms with Crippen molar-refractivity contribution in [1.29, 1.82) is 0 Å². The highest BCUT2D eigenvalue weighted by Crippen LogP contribution is 2.32. The first-order valence-electron chi connectivity index (χ1n) is 10.3. The van der Waals surface area contributed by atoms with Crippen LogP contribution in [0.5, 0.6) is 0 Å². The van der Waals surface area contributed by atoms with Gasteiger partial charge >= 0.3 is 0 Å². The van der Waals surface area contributed by atoms with Crippen molar-refractivity contribution in [2.24, 2.45) is 0 Å². The summed E-state index contributed by atoms with van der Waals surface area (Å²) >= 11 is 0. The number of benzene rings is 3. The van der Waals surface area contributed by atoms with Gasteiger partial charge in [-0.2, -0.15) is 0 Å². The van der Waals surface area contributed by atoms with Gasteiger partial charge in [-0.05, 0) is 12.0 Å². The first-order chi connectivity index (χ1) is 16.2. The average molecular weight is 522 g/mol. The van der Waals surface area contributed by atoms with E-state index in [1.165, 1.54) is 0 Å². The maximum atomic E-state index is 15.0. The molecule has 0 aliphatic carbocycles. The van der Waals surface area contributed by atoms with E-state index in [1.807, 2.05) is 0 Å². The number of rotatable bonds is 6. The fourth-order valence-corrected chi connectivity index (χ4v) is 6.31. The minimum absolute atomic E-state index is 0.208. The van der Waals surface area contributed by atoms with E-state index < -0.39 is 89.3 Å². The van der Waals surface area contributed by atoms with Gasteiger partial charge in [0.15, 0.2) is 58.2 Å². The Morgan fingerprint density at radius 3 is 1.17 bits per heavy atom. The summed E-state index contributed by atoms with van der Waals surface area (Å²) in [5, 5.41) is 0. The summed E-state index contributed by atoms with van der Waals surface area (Å²) in [6, 6.07) is 7.85. The van der Waals surface area contributed by atoms with Gasteiger partial charge in [0.1, 0.15) is 0 Å². The Hall–Kier alpha value is -2.76. The molecule has 0 radical (unpaired) electrons. The summed E-state index contributed by atoms with van der Waals surface area (Å²) in [6.07, 6.45) is -0.208. The zero-order valence-electron chi connectivity index (χ0n) is 18.5. The van der Waals surface area contributed by atoms with E-state index in [2.05, 4.69) is 0 Å². The summed E-state index contributed by atoms with van der Waals surface area (Å²) in [5.41, 5.74) is -4.13. The van der Waals surface area contributed by atoms with Gasteiger partial charge in [0, 0.05) is 19.0 Å². The van der Waals surface area contributed by atoms with E-state index in [-0.39, 0.29) is 6.42 Å². The summed E-state index contributed by atoms with van der Waals surface area (Å²) in [6.45, 7) is 2.33. The second-order valence-electron chi connectivity index (χ2n) is 9.11. The number of hydrogen-bond donors (Lipinski definition) is 0. The summed E-state index contributed by atoms with van der Waals surface area (Å²) < 4.78 is 144. The monoisotopic (exact) mass is 522 g/mol. The van der Waals surface area contributed by atoms with Crippen LogP contribution in [0.3, 0.4) is 0 Å². The van der Waals surface area contributed by atoms with Gasteiger partial charge in [-0.1, -0.05) is 55.4 Å². The Bertz CT molecular complexity index is 1150. The minimum atomic E-state index is -2.93. The normalized spacial score (nSPS) is 12.7. The second kappa shape index (κ2) is 9.71. The van der Waals surface area contributed by atoms with Crippen LogP contribution in [-0.2, 0) is 6.42 Å². The predicted molar refractivity (Wildman–Crippen MR) is 115 cm³/mol. The molecule has 12 heteroatoms. The molecule has 0 aliphatic heterocycles. The predicted octanol–water partition coefficient (Wildman–Crippen LogP) is 6.18. The maximum absolute atomic E-state index is 15.0. The van der Waals surface area contributed by atoms with Gasteiger partial charge < -0.3 is 0 Å². The van der Waals surface area contributed by atoms with Gasteiger partial charge in [0.25, 0.3) is 0 Å². The third kappa shape index (κ3) is 4.72. The van der Waals surface area contributed by atoms with Crippen LogP contribution < -0.4 is 10.9 Å². The zero-order valence-corrected chi connectivity index (χ0v) is 19.5. The fraction of sp³-hybridized carbons (Fsp3) is 0.217. The quantitative estimate of drug-likeness (QED) is 0.157. The molecule has 1 unspecified atom stereocenters. The van der Waals surface area contributed by atoms with Gasteiger partial charge in [0.2, 0.25) is 6.71 Å². The zero-order chi connectivity index (χ0) is 26.4. The van der Waals surface area contributed by atoms with Gasteiger partial charge in [0.05, 0.1) is 0 Å². The van der Waals surface area contributed by atoms with Crippen LogP contribution in [0.4, 0.5) is 43.9 Å². The largest absolute Gasteiger partial charge is 0.226 e. The lowest BCUT2D eigenvalue weighted by atomic mass is 9.37. The van der Waals surface area contributed by atoms with Crippen molar-refractivity contribution in [3.63, 3.8) is 0 Å². The molecule has 0 aromatic heterocycles. The van der Waals surface area contributed by atoms with Crippen molar-refractivity contribution in [3.8, 4) is 0 Å². The first-order valence-corrected chi connectivity index (χ1v) is 13.8. The van der Waals surface area contributed by atoms with Crippen LogP contribution in [0, 0.1) is 58.2 Å². The molecule has 186 valence electrons. The molecule has 0 nitrogen and oxygen atoms in total. The highest BCUT2D eigenvalue weighted by Gasteiger charge is 2.47. The smallest absolute Gasteiger partial charge is 0.204 e. The first kappa shape index (κ1) is 26.8. The molecule has 0 amide bonds. The highest BCUT2D eigenvalue weighted by molar-refractivity contribution is 7.00. The molecule has 0 saturated carbocycles. The molecule has 35 heavy (non-hydrogen) atoms. The van der Waals surface area contributed by atoms with Crippen LogP contribution in [0.25, 0.3) is 0 Å². The molecule has 0 fully saturated rings. The van der Waals surface area contributed by atoms with E-state index in [9.17, 15) is 43.9 Å². The summed E-state index contributed by atoms with van der Waals surface area (Å²) in [7, 11) is -2.93. The van der Waals surface area contributed by atoms with E-state index in [1.54, 1.807) is 50.0 Å². The van der Waals surface area contributed by atoms with Crippen LogP contribution in [0.15, 0.2) is 30.3 Å². The van der Waals surface area contributed by atoms with E-state index in [4.69, 9.17) is 0 Å². The van der Waals surface area contributed by atoms with Crippen LogP contribution in [0.1, 0.15) is 5.56 Å². The van der Waals surface area contributed by atoms with Crippen molar-refractivity contribution in [1.82, 2.24) is 0 Å². The van der Waals surface area contributed by atoms with Crippen molar-refractivity contribution >= 4 is 25.7 Å². The SMILES string of the molecule is C[Si](C)(C)C(Cc1ccccc1)B(c1c(F)c(F)c(F)c(F)c1F)c1c(F)c(F)c(F)c(F)c1F. The molecule has 0 aliphatic rings. The standard InChI is InChI=1S/C23H17BF10Si/c1-35(2,3)11(9-10-7-5-4-6-8-10)24(12-14(25)18(29)22(33)19(30)15(12)26)13-16(27)20(31)23(34)21(32)17(13)28/h4-8,11H,9H2,1-3H3. The van der Waals surface area contributed by atoms with Crippen LogP contribution in [0.2, 0.25) is 25.1 Å². The maximum Gasteiger partial charge on any atom is 0.226 e. The Morgan fingerprint density at radius 1 is 0.543 bits per heavy atom. The minimum Gasteiger partial charge on any atom is -0.204 e. The van der Waals surface area contributed by atoms with Crippen LogP contribution in [-0.4, -0.2) is 14.8 Å². The van der Waals surface area contributed by atoms with E-state index in [0.29, 0.717) is 5.56 Å². The van der Waals surface area contributed by atoms with E-state index >= 15 is 0 Å². The Kier molecular flexibility index (Phi) is 7.45. The third-order valence-corrected chi connectivity index (χ3v) is 8.68. The van der Waals surface area contributed by atoms with Crippen molar-refractivity contribution in [3.05, 3.63) is 94.1 Å². The van der Waals surface area contributed by atoms with Gasteiger partial charge in [-0.3, -0.25) is 0 Å². The topological polar surface area (TPSA) is 0 Å². The molecular formula is C23H17BF10Si. The lowest BCUT2D eigenvalue weighted by Gasteiger charge is -2.35. The second-order valence-corrected chi connectivity index (χ2v) is 14.6. The van der Waals surface area contributed by atoms with Crippen molar-refractivity contribution in [2.45, 2.75) is 31.5 Å². The summed E-state index contributed by atoms with van der Waals surface area (Å²) in [5.74, 6) is -24.3. The van der Waals surface area contributed by atoms with E-state index in [0.717, 1.165) is 0 Å². The molecule has 3 aromatic rings. The third-order valence-electron chi connectivity index (χ3n) is 5.92. The molecule has 1 atom stereocenters. The Morgan fingerprint density at radius 2 is 0.857 bits per heavy atom. The molecule has 0 bridgehead atoms.